The lowest BCUT2D eigenvalue weighted by Crippen LogP contribution is -2.44. The molecule has 8 nitrogen and oxygen atoms in total. The van der Waals surface area contributed by atoms with Gasteiger partial charge in [-0.15, -0.1) is 0 Å². The number of hydrogen-bond donors (Lipinski definition) is 2. The molecule has 0 unspecified atom stereocenters. The largest absolute Gasteiger partial charge is 0.436 e. The summed E-state index contributed by atoms with van der Waals surface area (Å²) in [7, 11) is 2.70. The molecule has 1 rings (SSSR count). The van der Waals surface area contributed by atoms with Crippen LogP contribution in [0.2, 0.25) is 0 Å². The molecule has 0 aromatic rings. The van der Waals surface area contributed by atoms with Crippen molar-refractivity contribution in [1.29, 1.82) is 0 Å². The fourth-order valence-corrected chi connectivity index (χ4v) is 1.95. The third-order valence-corrected chi connectivity index (χ3v) is 3.02. The van der Waals surface area contributed by atoms with Gasteiger partial charge in [0.25, 0.3) is 5.91 Å². The molecule has 0 aromatic heterocycles. The predicted molar refractivity (Wildman–Crippen MR) is 64.6 cm³/mol. The van der Waals surface area contributed by atoms with Crippen molar-refractivity contribution >= 4 is 17.9 Å². The molecule has 3 N–H and O–H groups in total. The van der Waals surface area contributed by atoms with Crippen molar-refractivity contribution in [2.75, 3.05) is 20.7 Å². The quantitative estimate of drug-likeness (QED) is 0.649. The van der Waals surface area contributed by atoms with Gasteiger partial charge in [0.1, 0.15) is 0 Å². The van der Waals surface area contributed by atoms with Crippen LogP contribution in [0.5, 0.6) is 0 Å². The Morgan fingerprint density at radius 1 is 1.58 bits per heavy atom. The highest BCUT2D eigenvalue weighted by molar-refractivity contribution is 5.84. The molecule has 3 amide bonds. The van der Waals surface area contributed by atoms with E-state index in [0.717, 1.165) is 11.5 Å². The molecule has 1 aliphatic heterocycles. The minimum atomic E-state index is -1.11. The van der Waals surface area contributed by atoms with Crippen LogP contribution in [0.3, 0.4) is 0 Å². The van der Waals surface area contributed by atoms with Crippen molar-refractivity contribution in [3.8, 4) is 0 Å². The standard InChI is InChI=1S/C11H19N3O5/c1-14(18-2)10(16)8(19-11(12)17)6-7-4-3-5-13-9(7)15/h7-8H,3-6H2,1-2H3,(H2,12,17)(H,13,15)/t7-,8-/m0/s1. The molecule has 0 bridgehead atoms. The third kappa shape index (κ3) is 4.40. The first-order valence-electron chi connectivity index (χ1n) is 6.01. The molecule has 0 saturated carbocycles. The maximum atomic E-state index is 11.9. The second-order valence-corrected chi connectivity index (χ2v) is 4.31. The third-order valence-electron chi connectivity index (χ3n) is 3.02. The number of nitrogens with zero attached hydrogens (tertiary/aromatic N) is 1. The second-order valence-electron chi connectivity index (χ2n) is 4.31. The van der Waals surface area contributed by atoms with Crippen molar-refractivity contribution in [3.63, 3.8) is 0 Å². The molecule has 0 spiro atoms. The van der Waals surface area contributed by atoms with Crippen molar-refractivity contribution in [2.24, 2.45) is 11.7 Å². The topological polar surface area (TPSA) is 111 Å². The first-order valence-corrected chi connectivity index (χ1v) is 6.01. The van der Waals surface area contributed by atoms with Crippen LogP contribution in [0.25, 0.3) is 0 Å². The van der Waals surface area contributed by atoms with Gasteiger partial charge in [-0.2, -0.15) is 0 Å². The molecular weight excluding hydrogens is 254 g/mol. The summed E-state index contributed by atoms with van der Waals surface area (Å²) >= 11 is 0. The van der Waals surface area contributed by atoms with Crippen molar-refractivity contribution in [2.45, 2.75) is 25.4 Å². The summed E-state index contributed by atoms with van der Waals surface area (Å²) in [5, 5.41) is 3.64. The van der Waals surface area contributed by atoms with Gasteiger partial charge in [0.05, 0.1) is 7.11 Å². The van der Waals surface area contributed by atoms with E-state index in [2.05, 4.69) is 5.32 Å². The zero-order chi connectivity index (χ0) is 14.4. The second kappa shape index (κ2) is 6.93. The number of rotatable bonds is 5. The lowest BCUT2D eigenvalue weighted by molar-refractivity contribution is -0.178. The number of primary amides is 1. The average molecular weight is 273 g/mol. The molecule has 108 valence electrons. The summed E-state index contributed by atoms with van der Waals surface area (Å²) in [5.41, 5.74) is 4.94. The summed E-state index contributed by atoms with van der Waals surface area (Å²) in [4.78, 5) is 39.1. The number of likely N-dealkylation sites (N-methyl/N-ethyl adjacent to an activating group) is 1. The van der Waals surface area contributed by atoms with Crippen LogP contribution in [0.4, 0.5) is 4.79 Å². The Hall–Kier alpha value is -1.83. The molecule has 1 saturated heterocycles. The van der Waals surface area contributed by atoms with Gasteiger partial charge in [-0.05, 0) is 12.8 Å². The van der Waals surface area contributed by atoms with Crippen LogP contribution >= 0.6 is 0 Å². The number of hydrogen-bond acceptors (Lipinski definition) is 5. The van der Waals surface area contributed by atoms with Crippen LogP contribution in [-0.2, 0) is 19.2 Å². The van der Waals surface area contributed by atoms with Gasteiger partial charge in [-0.1, -0.05) is 0 Å². The Morgan fingerprint density at radius 2 is 2.26 bits per heavy atom. The molecule has 0 radical (unpaired) electrons. The molecule has 1 fully saturated rings. The Kier molecular flexibility index (Phi) is 5.56. The van der Waals surface area contributed by atoms with Crippen molar-refractivity contribution < 1.29 is 24.0 Å². The SMILES string of the molecule is CON(C)C(=O)[C@H](C[C@@H]1CCCNC1=O)OC(N)=O. The normalized spacial score (nSPS) is 20.3. The van der Waals surface area contributed by atoms with Crippen LogP contribution in [0.1, 0.15) is 19.3 Å². The first kappa shape index (κ1) is 15.2. The van der Waals surface area contributed by atoms with Crippen LogP contribution in [0.15, 0.2) is 0 Å². The highest BCUT2D eigenvalue weighted by Crippen LogP contribution is 2.20. The highest BCUT2D eigenvalue weighted by Gasteiger charge is 2.32. The lowest BCUT2D eigenvalue weighted by atomic mass is 9.92. The van der Waals surface area contributed by atoms with Gasteiger partial charge in [0, 0.05) is 25.9 Å². The zero-order valence-electron chi connectivity index (χ0n) is 11.0. The molecule has 0 aromatic carbocycles. The lowest BCUT2D eigenvalue weighted by Gasteiger charge is -2.26. The van der Waals surface area contributed by atoms with Gasteiger partial charge < -0.3 is 15.8 Å². The molecular formula is C11H19N3O5. The Labute approximate surface area is 111 Å². The fraction of sp³-hybridized carbons (Fsp3) is 0.727. The number of nitrogens with two attached hydrogens (primary N) is 1. The van der Waals surface area contributed by atoms with Crippen LogP contribution in [0, 0.1) is 5.92 Å². The summed E-state index contributed by atoms with van der Waals surface area (Å²) in [6, 6.07) is 0. The van der Waals surface area contributed by atoms with Gasteiger partial charge in [-0.3, -0.25) is 14.4 Å². The molecule has 19 heavy (non-hydrogen) atoms. The number of ether oxygens (including phenoxy) is 1. The van der Waals surface area contributed by atoms with E-state index in [9.17, 15) is 14.4 Å². The summed E-state index contributed by atoms with van der Waals surface area (Å²) in [6.45, 7) is 0.628. The summed E-state index contributed by atoms with van der Waals surface area (Å²) in [6.07, 6.45) is -0.598. The number of carbonyl (C=O) groups is 3. The maximum Gasteiger partial charge on any atom is 0.405 e. The van der Waals surface area contributed by atoms with E-state index >= 15 is 0 Å². The van der Waals surface area contributed by atoms with E-state index in [1.54, 1.807) is 0 Å². The molecule has 2 atom stereocenters. The van der Waals surface area contributed by atoms with E-state index in [-0.39, 0.29) is 18.2 Å². The van der Waals surface area contributed by atoms with E-state index in [1.807, 2.05) is 0 Å². The number of carbonyl (C=O) groups excluding carboxylic acids is 3. The molecule has 1 aliphatic rings. The number of piperidine rings is 1. The van der Waals surface area contributed by atoms with E-state index in [1.165, 1.54) is 14.2 Å². The minimum Gasteiger partial charge on any atom is -0.436 e. The maximum absolute atomic E-state index is 11.9. The summed E-state index contributed by atoms with van der Waals surface area (Å²) < 4.78 is 4.77. The predicted octanol–water partition coefficient (Wildman–Crippen LogP) is -0.614. The van der Waals surface area contributed by atoms with Gasteiger partial charge in [0.2, 0.25) is 5.91 Å². The Balaban J connectivity index is 2.70. The molecule has 8 heteroatoms. The Morgan fingerprint density at radius 3 is 2.79 bits per heavy atom. The van der Waals surface area contributed by atoms with Gasteiger partial charge >= 0.3 is 6.09 Å². The first-order chi connectivity index (χ1) is 8.95. The van der Waals surface area contributed by atoms with Gasteiger partial charge in [-0.25, -0.2) is 9.86 Å². The smallest absolute Gasteiger partial charge is 0.405 e. The van der Waals surface area contributed by atoms with Crippen LogP contribution in [-0.4, -0.2) is 49.8 Å². The number of nitrogens with one attached hydrogen (secondary N) is 1. The van der Waals surface area contributed by atoms with Crippen molar-refractivity contribution in [1.82, 2.24) is 10.4 Å². The van der Waals surface area contributed by atoms with E-state index < -0.39 is 18.1 Å². The van der Waals surface area contributed by atoms with Gasteiger partial charge in [0.15, 0.2) is 6.10 Å². The van der Waals surface area contributed by atoms with E-state index in [4.69, 9.17) is 15.3 Å². The number of amides is 3. The number of hydroxylamine groups is 2. The molecule has 1 heterocycles. The highest BCUT2D eigenvalue weighted by atomic mass is 16.7. The van der Waals surface area contributed by atoms with Crippen molar-refractivity contribution in [3.05, 3.63) is 0 Å². The monoisotopic (exact) mass is 273 g/mol. The minimum absolute atomic E-state index is 0.0985. The Bertz CT molecular complexity index is 360. The zero-order valence-corrected chi connectivity index (χ0v) is 11.0. The summed E-state index contributed by atoms with van der Waals surface area (Å²) in [5.74, 6) is -1.07. The fourth-order valence-electron chi connectivity index (χ4n) is 1.95. The molecule has 0 aliphatic carbocycles. The van der Waals surface area contributed by atoms with E-state index in [0.29, 0.717) is 13.0 Å². The van der Waals surface area contributed by atoms with Crippen LogP contribution < -0.4 is 11.1 Å². The average Bonchev–Trinajstić information content (AvgIpc) is 2.38.